The molecule has 0 amide bonds. The van der Waals surface area contributed by atoms with Gasteiger partial charge in [-0.05, 0) is 42.7 Å². The van der Waals surface area contributed by atoms with Gasteiger partial charge in [0.15, 0.2) is 0 Å². The van der Waals surface area contributed by atoms with E-state index in [1.54, 1.807) is 12.3 Å². The van der Waals surface area contributed by atoms with E-state index in [1.807, 2.05) is 50.3 Å². The molecular formula is C17H17NO. The second-order valence-corrected chi connectivity index (χ2v) is 4.54. The van der Waals surface area contributed by atoms with Crippen molar-refractivity contribution in [2.45, 2.75) is 13.8 Å². The van der Waals surface area contributed by atoms with Crippen molar-refractivity contribution >= 4 is 11.6 Å². The zero-order chi connectivity index (χ0) is 13.8. The average molecular weight is 251 g/mol. The second kappa shape index (κ2) is 5.53. The van der Waals surface area contributed by atoms with Crippen LogP contribution in [-0.4, -0.2) is 10.1 Å². The predicted octanol–water partition coefficient (Wildman–Crippen LogP) is 4.13. The first-order valence-electron chi connectivity index (χ1n) is 6.16. The molecule has 0 radical (unpaired) electrons. The Kier molecular flexibility index (Phi) is 3.81. The molecule has 0 fully saturated rings. The predicted molar refractivity (Wildman–Crippen MR) is 79.9 cm³/mol. The van der Waals surface area contributed by atoms with Gasteiger partial charge in [-0.25, -0.2) is 0 Å². The number of aromatic nitrogens is 1. The minimum Gasteiger partial charge on any atom is -0.508 e. The first-order valence-corrected chi connectivity index (χ1v) is 6.16. The molecule has 19 heavy (non-hydrogen) atoms. The molecule has 0 aliphatic carbocycles. The zero-order valence-electron chi connectivity index (χ0n) is 11.2. The highest BCUT2D eigenvalue weighted by atomic mass is 16.3. The monoisotopic (exact) mass is 251 g/mol. The van der Waals surface area contributed by atoms with Crippen LogP contribution in [0.3, 0.4) is 0 Å². The third-order valence-corrected chi connectivity index (χ3v) is 3.06. The van der Waals surface area contributed by atoms with Gasteiger partial charge < -0.3 is 5.11 Å². The number of allylic oxidation sites excluding steroid dienone is 2. The summed E-state index contributed by atoms with van der Waals surface area (Å²) < 4.78 is 0. The maximum Gasteiger partial charge on any atom is 0.119 e. The number of rotatable bonds is 3. The molecule has 2 rings (SSSR count). The van der Waals surface area contributed by atoms with Gasteiger partial charge in [-0.15, -0.1) is 0 Å². The van der Waals surface area contributed by atoms with E-state index in [0.717, 1.165) is 28.0 Å². The van der Waals surface area contributed by atoms with Crippen LogP contribution in [0.5, 0.6) is 5.75 Å². The highest BCUT2D eigenvalue weighted by molar-refractivity contribution is 5.78. The molecule has 2 aromatic rings. The minimum absolute atomic E-state index is 0.310. The summed E-state index contributed by atoms with van der Waals surface area (Å²) in [7, 11) is 0. The summed E-state index contributed by atoms with van der Waals surface area (Å²) >= 11 is 0. The standard InChI is InChI=1S/C17H17NO/c1-12(16-5-4-10-18-14(16)3)6-8-15-9-7-13(2)17(19)11-15/h4-11,19H,1H2,2-3H3/b8-6+. The fraction of sp³-hybridized carbons (Fsp3) is 0.118. The lowest BCUT2D eigenvalue weighted by molar-refractivity contribution is 0.471. The highest BCUT2D eigenvalue weighted by Gasteiger charge is 2.00. The van der Waals surface area contributed by atoms with Crippen LogP contribution in [0.25, 0.3) is 11.6 Å². The average Bonchev–Trinajstić information content (AvgIpc) is 2.40. The molecule has 0 atom stereocenters. The quantitative estimate of drug-likeness (QED) is 0.832. The lowest BCUT2D eigenvalue weighted by Gasteiger charge is -2.04. The molecule has 2 heteroatoms. The molecular weight excluding hydrogens is 234 g/mol. The summed E-state index contributed by atoms with van der Waals surface area (Å²) in [6.45, 7) is 7.89. The van der Waals surface area contributed by atoms with Gasteiger partial charge in [0.1, 0.15) is 5.75 Å². The van der Waals surface area contributed by atoms with Gasteiger partial charge in [0.05, 0.1) is 0 Å². The van der Waals surface area contributed by atoms with Gasteiger partial charge in [0.25, 0.3) is 0 Å². The van der Waals surface area contributed by atoms with E-state index in [-0.39, 0.29) is 0 Å². The lowest BCUT2D eigenvalue weighted by atomic mass is 10.0. The number of pyridine rings is 1. The van der Waals surface area contributed by atoms with Gasteiger partial charge in [-0.1, -0.05) is 36.9 Å². The Morgan fingerprint density at radius 3 is 2.74 bits per heavy atom. The molecule has 1 N–H and O–H groups in total. The van der Waals surface area contributed by atoms with E-state index in [0.29, 0.717) is 5.75 Å². The van der Waals surface area contributed by atoms with E-state index in [4.69, 9.17) is 0 Å². The smallest absolute Gasteiger partial charge is 0.119 e. The van der Waals surface area contributed by atoms with Crippen LogP contribution < -0.4 is 0 Å². The van der Waals surface area contributed by atoms with Crippen molar-refractivity contribution in [1.29, 1.82) is 0 Å². The number of aromatic hydroxyl groups is 1. The number of nitrogens with zero attached hydrogens (tertiary/aromatic N) is 1. The minimum atomic E-state index is 0.310. The molecule has 0 saturated carbocycles. The molecule has 1 aromatic carbocycles. The molecule has 96 valence electrons. The topological polar surface area (TPSA) is 33.1 Å². The van der Waals surface area contributed by atoms with Crippen molar-refractivity contribution in [3.05, 3.63) is 71.6 Å². The third kappa shape index (κ3) is 3.10. The van der Waals surface area contributed by atoms with Crippen LogP contribution in [0, 0.1) is 13.8 Å². The highest BCUT2D eigenvalue weighted by Crippen LogP contribution is 2.21. The maximum atomic E-state index is 9.66. The molecule has 0 spiro atoms. The van der Waals surface area contributed by atoms with Crippen LogP contribution in [-0.2, 0) is 0 Å². The largest absolute Gasteiger partial charge is 0.508 e. The first-order chi connectivity index (χ1) is 9.08. The van der Waals surface area contributed by atoms with Crippen molar-refractivity contribution in [2.24, 2.45) is 0 Å². The molecule has 0 aliphatic rings. The van der Waals surface area contributed by atoms with Crippen molar-refractivity contribution in [3.63, 3.8) is 0 Å². The van der Waals surface area contributed by atoms with Crippen LogP contribution in [0.15, 0.2) is 49.2 Å². The molecule has 0 unspecified atom stereocenters. The van der Waals surface area contributed by atoms with E-state index in [1.165, 1.54) is 0 Å². The summed E-state index contributed by atoms with van der Waals surface area (Å²) in [6, 6.07) is 9.51. The SMILES string of the molecule is C=C(/C=C/c1ccc(C)c(O)c1)c1cccnc1C. The van der Waals surface area contributed by atoms with Crippen LogP contribution in [0.1, 0.15) is 22.4 Å². The van der Waals surface area contributed by atoms with E-state index >= 15 is 0 Å². The number of phenolic OH excluding ortho intramolecular Hbond substituents is 1. The first kappa shape index (κ1) is 13.1. The Morgan fingerprint density at radius 2 is 2.05 bits per heavy atom. The number of benzene rings is 1. The summed E-state index contributed by atoms with van der Waals surface area (Å²) in [6.07, 6.45) is 5.65. The Labute approximate surface area is 113 Å². The molecule has 1 aromatic heterocycles. The summed E-state index contributed by atoms with van der Waals surface area (Å²) in [5.41, 5.74) is 4.73. The molecule has 0 bridgehead atoms. The fourth-order valence-corrected chi connectivity index (χ4v) is 1.84. The van der Waals surface area contributed by atoms with Gasteiger partial charge in [-0.2, -0.15) is 0 Å². The number of hydrogen-bond donors (Lipinski definition) is 1. The van der Waals surface area contributed by atoms with Gasteiger partial charge in [-0.3, -0.25) is 4.98 Å². The Morgan fingerprint density at radius 1 is 1.26 bits per heavy atom. The van der Waals surface area contributed by atoms with E-state index in [2.05, 4.69) is 11.6 Å². The molecule has 0 aliphatic heterocycles. The van der Waals surface area contributed by atoms with Gasteiger partial charge in [0, 0.05) is 17.5 Å². The van der Waals surface area contributed by atoms with Crippen molar-refractivity contribution in [1.82, 2.24) is 4.98 Å². The summed E-state index contributed by atoms with van der Waals surface area (Å²) in [5, 5.41) is 9.66. The molecule has 0 saturated heterocycles. The van der Waals surface area contributed by atoms with Gasteiger partial charge in [0.2, 0.25) is 0 Å². The second-order valence-electron chi connectivity index (χ2n) is 4.54. The third-order valence-electron chi connectivity index (χ3n) is 3.06. The van der Waals surface area contributed by atoms with Crippen LogP contribution >= 0.6 is 0 Å². The van der Waals surface area contributed by atoms with Crippen molar-refractivity contribution in [2.75, 3.05) is 0 Å². The normalized spacial score (nSPS) is 10.8. The number of phenols is 1. The Hall–Kier alpha value is -2.35. The summed E-state index contributed by atoms with van der Waals surface area (Å²) in [4.78, 5) is 4.25. The maximum absolute atomic E-state index is 9.66. The van der Waals surface area contributed by atoms with Crippen molar-refractivity contribution < 1.29 is 5.11 Å². The molecule has 1 heterocycles. The van der Waals surface area contributed by atoms with E-state index in [9.17, 15) is 5.11 Å². The molecule has 2 nitrogen and oxygen atoms in total. The summed E-state index contributed by atoms with van der Waals surface area (Å²) in [5.74, 6) is 0.310. The lowest BCUT2D eigenvalue weighted by Crippen LogP contribution is -1.88. The van der Waals surface area contributed by atoms with Crippen LogP contribution in [0.4, 0.5) is 0 Å². The van der Waals surface area contributed by atoms with E-state index < -0.39 is 0 Å². The van der Waals surface area contributed by atoms with Crippen molar-refractivity contribution in [3.8, 4) is 5.75 Å². The number of hydrogen-bond acceptors (Lipinski definition) is 2. The zero-order valence-corrected chi connectivity index (χ0v) is 11.2. The fourth-order valence-electron chi connectivity index (χ4n) is 1.84. The van der Waals surface area contributed by atoms with Gasteiger partial charge >= 0.3 is 0 Å². The van der Waals surface area contributed by atoms with Crippen LogP contribution in [0.2, 0.25) is 0 Å². The Balaban J connectivity index is 2.21. The Bertz CT molecular complexity index is 641. The number of aryl methyl sites for hydroxylation is 2.